The van der Waals surface area contributed by atoms with Crippen molar-refractivity contribution in [3.63, 3.8) is 0 Å². The van der Waals surface area contributed by atoms with Gasteiger partial charge in [0.05, 0.1) is 15.2 Å². The van der Waals surface area contributed by atoms with E-state index >= 15 is 0 Å². The predicted molar refractivity (Wildman–Crippen MR) is 71.9 cm³/mol. The molecule has 0 aromatic carbocycles. The van der Waals surface area contributed by atoms with E-state index in [1.165, 1.54) is 17.7 Å². The van der Waals surface area contributed by atoms with Gasteiger partial charge in [-0.2, -0.15) is 5.10 Å². The minimum Gasteiger partial charge on any atom is -0.333 e. The van der Waals surface area contributed by atoms with Crippen LogP contribution in [-0.2, 0) is 6.54 Å². The van der Waals surface area contributed by atoms with Gasteiger partial charge in [0, 0.05) is 11.5 Å². The molecule has 90 valence electrons. The lowest BCUT2D eigenvalue weighted by atomic mass is 10.4. The third-order valence-electron chi connectivity index (χ3n) is 2.05. The zero-order valence-electron chi connectivity index (χ0n) is 8.78. The maximum Gasteiger partial charge on any atom is 0.264 e. The molecule has 17 heavy (non-hydrogen) atoms. The molecule has 0 aliphatic carbocycles. The summed E-state index contributed by atoms with van der Waals surface area (Å²) in [4.78, 5) is 18.3. The van der Waals surface area contributed by atoms with Gasteiger partial charge in [-0.3, -0.25) is 9.89 Å². The van der Waals surface area contributed by atoms with Crippen LogP contribution < -0.4 is 0 Å². The van der Waals surface area contributed by atoms with E-state index in [9.17, 15) is 4.79 Å². The van der Waals surface area contributed by atoms with Gasteiger partial charge in [-0.25, -0.2) is 4.98 Å². The number of nitrogens with one attached hydrogen (secondary N) is 1. The van der Waals surface area contributed by atoms with Crippen LogP contribution in [0.3, 0.4) is 0 Å². The lowest BCUT2D eigenvalue weighted by Gasteiger charge is -2.13. The normalized spacial score (nSPS) is 10.5. The average Bonchev–Trinajstić information content (AvgIpc) is 2.89. The molecule has 2 heterocycles. The van der Waals surface area contributed by atoms with Gasteiger partial charge in [-0.05, 0) is 37.9 Å². The summed E-state index contributed by atoms with van der Waals surface area (Å²) in [5.41, 5.74) is 0. The van der Waals surface area contributed by atoms with Crippen molar-refractivity contribution >= 4 is 49.1 Å². The molecule has 0 spiro atoms. The van der Waals surface area contributed by atoms with E-state index in [1.807, 2.05) is 0 Å². The summed E-state index contributed by atoms with van der Waals surface area (Å²) in [7, 11) is 1.73. The number of hydrogen-bond acceptors (Lipinski definition) is 4. The Labute approximate surface area is 118 Å². The van der Waals surface area contributed by atoms with E-state index in [0.29, 0.717) is 17.2 Å². The van der Waals surface area contributed by atoms with Crippen molar-refractivity contribution in [3.05, 3.63) is 31.4 Å². The van der Waals surface area contributed by atoms with Gasteiger partial charge in [0.2, 0.25) is 0 Å². The Bertz CT molecular complexity index is 506. The molecule has 2 aromatic heterocycles. The van der Waals surface area contributed by atoms with E-state index in [2.05, 4.69) is 47.0 Å². The molecule has 0 unspecified atom stereocenters. The molecular formula is C9H8Br2N4OS. The van der Waals surface area contributed by atoms with Gasteiger partial charge in [-0.1, -0.05) is 0 Å². The predicted octanol–water partition coefficient (Wildman–Crippen LogP) is 2.66. The SMILES string of the molecule is CN(Cc1ncn[nH]1)C(=O)c1cc(Br)c(Br)s1. The number of H-pyrrole nitrogens is 1. The second-order valence-electron chi connectivity index (χ2n) is 3.33. The van der Waals surface area contributed by atoms with Crippen molar-refractivity contribution in [2.75, 3.05) is 7.05 Å². The number of amides is 1. The number of carbonyl (C=O) groups excluding carboxylic acids is 1. The monoisotopic (exact) mass is 378 g/mol. The lowest BCUT2D eigenvalue weighted by molar-refractivity contribution is 0.0786. The van der Waals surface area contributed by atoms with E-state index in [1.54, 1.807) is 18.0 Å². The molecule has 0 radical (unpaired) electrons. The van der Waals surface area contributed by atoms with Crippen molar-refractivity contribution in [1.29, 1.82) is 0 Å². The van der Waals surface area contributed by atoms with Crippen LogP contribution in [0.2, 0.25) is 0 Å². The van der Waals surface area contributed by atoms with Crippen LogP contribution in [-0.4, -0.2) is 33.0 Å². The minimum absolute atomic E-state index is 0.0437. The molecule has 0 atom stereocenters. The Kier molecular flexibility index (Phi) is 3.95. The van der Waals surface area contributed by atoms with Crippen LogP contribution in [0, 0.1) is 0 Å². The Balaban J connectivity index is 2.09. The number of carbonyl (C=O) groups is 1. The van der Waals surface area contributed by atoms with Crippen LogP contribution in [0.4, 0.5) is 0 Å². The van der Waals surface area contributed by atoms with Crippen molar-refractivity contribution in [1.82, 2.24) is 20.1 Å². The quantitative estimate of drug-likeness (QED) is 0.891. The number of aromatic amines is 1. The molecule has 0 fully saturated rings. The largest absolute Gasteiger partial charge is 0.333 e. The fourth-order valence-corrected chi connectivity index (χ4v) is 3.27. The van der Waals surface area contributed by atoms with Gasteiger partial charge < -0.3 is 4.90 Å². The summed E-state index contributed by atoms with van der Waals surface area (Å²) in [5.74, 6) is 0.619. The van der Waals surface area contributed by atoms with Crippen molar-refractivity contribution in [2.24, 2.45) is 0 Å². The zero-order valence-corrected chi connectivity index (χ0v) is 12.8. The fraction of sp³-hybridized carbons (Fsp3) is 0.222. The van der Waals surface area contributed by atoms with Crippen LogP contribution in [0.25, 0.3) is 0 Å². The summed E-state index contributed by atoms with van der Waals surface area (Å²) >= 11 is 8.12. The number of nitrogens with zero attached hydrogens (tertiary/aromatic N) is 3. The summed E-state index contributed by atoms with van der Waals surface area (Å²) in [6.07, 6.45) is 1.42. The molecule has 5 nitrogen and oxygen atoms in total. The fourth-order valence-electron chi connectivity index (χ4n) is 1.24. The van der Waals surface area contributed by atoms with Gasteiger partial charge in [0.25, 0.3) is 5.91 Å². The van der Waals surface area contributed by atoms with Crippen molar-refractivity contribution in [3.8, 4) is 0 Å². The molecule has 0 aliphatic heterocycles. The number of rotatable bonds is 3. The molecule has 0 aliphatic rings. The summed E-state index contributed by atoms with van der Waals surface area (Å²) < 4.78 is 1.80. The van der Waals surface area contributed by atoms with E-state index in [4.69, 9.17) is 0 Å². The van der Waals surface area contributed by atoms with Gasteiger partial charge in [0.1, 0.15) is 12.2 Å². The standard InChI is InChI=1S/C9H8Br2N4OS/c1-15(3-7-12-4-13-14-7)9(16)6-2-5(10)8(11)17-6/h2,4H,3H2,1H3,(H,12,13,14). The van der Waals surface area contributed by atoms with Crippen molar-refractivity contribution in [2.45, 2.75) is 6.54 Å². The third kappa shape index (κ3) is 2.93. The highest BCUT2D eigenvalue weighted by molar-refractivity contribution is 9.13. The Morgan fingerprint density at radius 3 is 2.88 bits per heavy atom. The molecular weight excluding hydrogens is 372 g/mol. The summed E-state index contributed by atoms with van der Waals surface area (Å²) in [6.45, 7) is 0.409. The molecule has 0 bridgehead atoms. The first-order valence-corrected chi connectivity index (χ1v) is 7.02. The summed E-state index contributed by atoms with van der Waals surface area (Å²) in [5, 5.41) is 6.46. The first-order valence-electron chi connectivity index (χ1n) is 4.62. The Hall–Kier alpha value is -0.730. The van der Waals surface area contributed by atoms with Gasteiger partial charge >= 0.3 is 0 Å². The highest BCUT2D eigenvalue weighted by Crippen LogP contribution is 2.32. The van der Waals surface area contributed by atoms with E-state index in [-0.39, 0.29) is 5.91 Å². The maximum atomic E-state index is 12.1. The number of aromatic nitrogens is 3. The second-order valence-corrected chi connectivity index (χ2v) is 6.55. The molecule has 1 N–H and O–H groups in total. The molecule has 0 saturated carbocycles. The van der Waals surface area contributed by atoms with E-state index < -0.39 is 0 Å². The lowest BCUT2D eigenvalue weighted by Crippen LogP contribution is -2.25. The first kappa shape index (κ1) is 12.7. The smallest absolute Gasteiger partial charge is 0.264 e. The molecule has 0 saturated heterocycles. The first-order chi connectivity index (χ1) is 8.08. The second kappa shape index (κ2) is 5.28. The maximum absolute atomic E-state index is 12.1. The Morgan fingerprint density at radius 2 is 2.35 bits per heavy atom. The minimum atomic E-state index is -0.0437. The van der Waals surface area contributed by atoms with Gasteiger partial charge in [-0.15, -0.1) is 11.3 Å². The molecule has 1 amide bonds. The average molecular weight is 380 g/mol. The highest BCUT2D eigenvalue weighted by Gasteiger charge is 2.17. The van der Waals surface area contributed by atoms with Crippen LogP contribution in [0.5, 0.6) is 0 Å². The van der Waals surface area contributed by atoms with Crippen LogP contribution in [0.1, 0.15) is 15.5 Å². The molecule has 2 rings (SSSR count). The molecule has 8 heteroatoms. The van der Waals surface area contributed by atoms with Crippen LogP contribution in [0.15, 0.2) is 20.7 Å². The highest BCUT2D eigenvalue weighted by atomic mass is 79.9. The van der Waals surface area contributed by atoms with Crippen LogP contribution >= 0.6 is 43.2 Å². The molecule has 2 aromatic rings. The van der Waals surface area contributed by atoms with E-state index in [0.717, 1.165) is 8.26 Å². The summed E-state index contributed by atoms with van der Waals surface area (Å²) in [6, 6.07) is 1.80. The number of thiophene rings is 1. The number of hydrogen-bond donors (Lipinski definition) is 1. The van der Waals surface area contributed by atoms with Crippen molar-refractivity contribution < 1.29 is 4.79 Å². The Morgan fingerprint density at radius 1 is 1.59 bits per heavy atom. The topological polar surface area (TPSA) is 61.9 Å². The zero-order chi connectivity index (χ0) is 12.4. The third-order valence-corrected chi connectivity index (χ3v) is 5.30. The number of halogens is 2. The van der Waals surface area contributed by atoms with Gasteiger partial charge in [0.15, 0.2) is 0 Å².